The molecule has 0 aromatic heterocycles. The number of rotatable bonds is 5. The number of halogens is 2. The first kappa shape index (κ1) is 21.5. The van der Waals surface area contributed by atoms with Gasteiger partial charge in [0.05, 0.1) is 16.4 Å². The first-order valence-electron chi connectivity index (χ1n) is 9.99. The normalized spacial score (nSPS) is 13.7. The van der Waals surface area contributed by atoms with Gasteiger partial charge in [0.15, 0.2) is 0 Å². The zero-order valence-electron chi connectivity index (χ0n) is 17.4. The van der Waals surface area contributed by atoms with Crippen molar-refractivity contribution in [1.29, 1.82) is 0 Å². The number of allylic oxidation sites excluding steroid dienone is 1. The number of aryl methyl sites for hydroxylation is 1. The molecule has 1 aliphatic heterocycles. The lowest BCUT2D eigenvalue weighted by Gasteiger charge is -2.20. The Kier molecular flexibility index (Phi) is 5.93. The van der Waals surface area contributed by atoms with Crippen LogP contribution >= 0.6 is 11.6 Å². The Morgan fingerprint density at radius 2 is 1.69 bits per heavy atom. The van der Waals surface area contributed by atoms with Crippen LogP contribution < -0.4 is 10.2 Å². The first-order chi connectivity index (χ1) is 15.4. The molecule has 0 radical (unpaired) electrons. The molecule has 4 rings (SSSR count). The second kappa shape index (κ2) is 8.81. The van der Waals surface area contributed by atoms with Crippen molar-refractivity contribution in [3.05, 3.63) is 118 Å². The van der Waals surface area contributed by atoms with Gasteiger partial charge in [0, 0.05) is 23.3 Å². The minimum absolute atomic E-state index is 0.0156. The Balaban J connectivity index is 1.70. The molecule has 0 saturated heterocycles. The summed E-state index contributed by atoms with van der Waals surface area (Å²) in [7, 11) is 0. The van der Waals surface area contributed by atoms with E-state index < -0.39 is 0 Å². The fourth-order valence-electron chi connectivity index (χ4n) is 3.64. The molecule has 0 spiro atoms. The van der Waals surface area contributed by atoms with Gasteiger partial charge in [-0.05, 0) is 48.9 Å². The van der Waals surface area contributed by atoms with E-state index in [4.69, 9.17) is 11.6 Å². The van der Waals surface area contributed by atoms with E-state index in [1.807, 2.05) is 19.1 Å². The van der Waals surface area contributed by atoms with E-state index in [1.165, 1.54) is 17.0 Å². The van der Waals surface area contributed by atoms with Crippen LogP contribution in [0.15, 0.2) is 90.6 Å². The zero-order valence-corrected chi connectivity index (χ0v) is 18.1. The van der Waals surface area contributed by atoms with Crippen molar-refractivity contribution >= 4 is 34.7 Å². The Bertz CT molecular complexity index is 1250. The molecule has 32 heavy (non-hydrogen) atoms. The molecule has 0 saturated carbocycles. The van der Waals surface area contributed by atoms with Crippen LogP contribution in [-0.2, 0) is 4.79 Å². The maximum atomic E-state index is 13.5. The Morgan fingerprint density at radius 3 is 2.34 bits per heavy atom. The predicted molar refractivity (Wildman–Crippen MR) is 125 cm³/mol. The quantitative estimate of drug-likeness (QED) is 0.560. The summed E-state index contributed by atoms with van der Waals surface area (Å²) in [6, 6.07) is 19.9. The molecule has 3 aromatic rings. The SMILES string of the molecule is C=C1C(c2ccc(F)cc2)=C(CNC(=O)c2ccc(C)cc2)C(=O)N1c1ccccc1Cl. The van der Waals surface area contributed by atoms with Gasteiger partial charge in [-0.15, -0.1) is 0 Å². The summed E-state index contributed by atoms with van der Waals surface area (Å²) in [5.74, 6) is -1.03. The highest BCUT2D eigenvalue weighted by Crippen LogP contribution is 2.41. The topological polar surface area (TPSA) is 49.4 Å². The number of carbonyl (C=O) groups is 2. The zero-order chi connectivity index (χ0) is 22.8. The molecule has 1 N–H and O–H groups in total. The maximum absolute atomic E-state index is 13.5. The highest BCUT2D eigenvalue weighted by atomic mass is 35.5. The number of hydrogen-bond donors (Lipinski definition) is 1. The van der Waals surface area contributed by atoms with E-state index in [1.54, 1.807) is 48.5 Å². The van der Waals surface area contributed by atoms with Crippen LogP contribution in [0.3, 0.4) is 0 Å². The molecule has 6 heteroatoms. The van der Waals surface area contributed by atoms with Crippen molar-refractivity contribution in [3.63, 3.8) is 0 Å². The highest BCUT2D eigenvalue weighted by Gasteiger charge is 2.36. The van der Waals surface area contributed by atoms with Crippen LogP contribution in [-0.4, -0.2) is 18.4 Å². The van der Waals surface area contributed by atoms with Crippen LogP contribution in [0.4, 0.5) is 10.1 Å². The third-order valence-corrected chi connectivity index (χ3v) is 5.61. The summed E-state index contributed by atoms with van der Waals surface area (Å²) in [6.07, 6.45) is 0. The van der Waals surface area contributed by atoms with Crippen LogP contribution in [0.2, 0.25) is 5.02 Å². The number of anilines is 1. The van der Waals surface area contributed by atoms with E-state index in [-0.39, 0.29) is 24.2 Å². The summed E-state index contributed by atoms with van der Waals surface area (Å²) in [4.78, 5) is 27.5. The summed E-state index contributed by atoms with van der Waals surface area (Å²) >= 11 is 6.34. The molecule has 2 amide bonds. The number of carbonyl (C=O) groups excluding carboxylic acids is 2. The van der Waals surface area contributed by atoms with E-state index in [0.29, 0.717) is 38.7 Å². The lowest BCUT2D eigenvalue weighted by Crippen LogP contribution is -2.31. The average Bonchev–Trinajstić information content (AvgIpc) is 3.03. The third-order valence-electron chi connectivity index (χ3n) is 5.29. The van der Waals surface area contributed by atoms with Crippen molar-refractivity contribution in [3.8, 4) is 0 Å². The Morgan fingerprint density at radius 1 is 1.03 bits per heavy atom. The van der Waals surface area contributed by atoms with Crippen molar-refractivity contribution in [1.82, 2.24) is 5.32 Å². The first-order valence-corrected chi connectivity index (χ1v) is 10.4. The van der Waals surface area contributed by atoms with E-state index >= 15 is 0 Å². The number of hydrogen-bond acceptors (Lipinski definition) is 2. The molecule has 160 valence electrons. The van der Waals surface area contributed by atoms with E-state index in [9.17, 15) is 14.0 Å². The van der Waals surface area contributed by atoms with Crippen LogP contribution in [0.1, 0.15) is 21.5 Å². The number of benzene rings is 3. The standard InChI is InChI=1S/C26H20ClFN2O2/c1-16-7-9-19(10-8-16)25(31)29-15-21-24(18-11-13-20(28)14-12-18)17(2)30(26(21)32)23-6-4-3-5-22(23)27/h3-14H,2,15H2,1H3,(H,29,31). The highest BCUT2D eigenvalue weighted by molar-refractivity contribution is 6.35. The summed E-state index contributed by atoms with van der Waals surface area (Å²) in [5, 5.41) is 3.21. The molecule has 0 unspecified atom stereocenters. The maximum Gasteiger partial charge on any atom is 0.261 e. The predicted octanol–water partition coefficient (Wildman–Crippen LogP) is 5.53. The van der Waals surface area contributed by atoms with Crippen molar-refractivity contribution in [2.45, 2.75) is 6.92 Å². The van der Waals surface area contributed by atoms with Crippen molar-refractivity contribution < 1.29 is 14.0 Å². The second-order valence-corrected chi connectivity index (χ2v) is 7.86. The summed E-state index contributed by atoms with van der Waals surface area (Å²) in [6.45, 7) is 6.03. The van der Waals surface area contributed by atoms with E-state index in [2.05, 4.69) is 11.9 Å². The van der Waals surface area contributed by atoms with Gasteiger partial charge in [-0.25, -0.2) is 4.39 Å². The molecule has 1 heterocycles. The van der Waals surface area contributed by atoms with Gasteiger partial charge in [0.1, 0.15) is 5.82 Å². The number of nitrogens with zero attached hydrogens (tertiary/aromatic N) is 1. The van der Waals surface area contributed by atoms with Crippen LogP contribution in [0, 0.1) is 12.7 Å². The minimum Gasteiger partial charge on any atom is -0.348 e. The van der Waals surface area contributed by atoms with Crippen LogP contribution in [0.5, 0.6) is 0 Å². The summed E-state index contributed by atoms with van der Waals surface area (Å²) < 4.78 is 13.5. The van der Waals surface area contributed by atoms with E-state index in [0.717, 1.165) is 5.56 Å². The molecule has 0 bridgehead atoms. The Hall–Kier alpha value is -3.70. The minimum atomic E-state index is -0.388. The molecule has 0 fully saturated rings. The number of nitrogens with one attached hydrogen (secondary N) is 1. The largest absolute Gasteiger partial charge is 0.348 e. The summed E-state index contributed by atoms with van der Waals surface area (Å²) in [5.41, 5.74) is 3.95. The molecule has 0 aliphatic carbocycles. The lowest BCUT2D eigenvalue weighted by atomic mass is 10.00. The molecule has 0 atom stereocenters. The van der Waals surface area contributed by atoms with Gasteiger partial charge in [-0.2, -0.15) is 0 Å². The van der Waals surface area contributed by atoms with Gasteiger partial charge in [-0.3, -0.25) is 14.5 Å². The van der Waals surface area contributed by atoms with Gasteiger partial charge in [-0.1, -0.05) is 60.1 Å². The monoisotopic (exact) mass is 446 g/mol. The second-order valence-electron chi connectivity index (χ2n) is 7.45. The van der Waals surface area contributed by atoms with Crippen molar-refractivity contribution in [2.24, 2.45) is 0 Å². The van der Waals surface area contributed by atoms with Crippen LogP contribution in [0.25, 0.3) is 5.57 Å². The fourth-order valence-corrected chi connectivity index (χ4v) is 3.86. The van der Waals surface area contributed by atoms with Gasteiger partial charge in [0.25, 0.3) is 11.8 Å². The molecular formula is C26H20ClFN2O2. The molecule has 4 nitrogen and oxygen atoms in total. The van der Waals surface area contributed by atoms with Gasteiger partial charge < -0.3 is 5.32 Å². The lowest BCUT2D eigenvalue weighted by molar-refractivity contribution is -0.114. The average molecular weight is 447 g/mol. The smallest absolute Gasteiger partial charge is 0.261 e. The number of amides is 2. The molecule has 3 aromatic carbocycles. The number of para-hydroxylation sites is 1. The third kappa shape index (κ3) is 4.07. The van der Waals surface area contributed by atoms with Crippen molar-refractivity contribution in [2.75, 3.05) is 11.4 Å². The molecular weight excluding hydrogens is 427 g/mol. The fraction of sp³-hybridized carbons (Fsp3) is 0.0769. The van der Waals surface area contributed by atoms with Gasteiger partial charge in [0.2, 0.25) is 0 Å². The molecule has 1 aliphatic rings. The van der Waals surface area contributed by atoms with Gasteiger partial charge >= 0.3 is 0 Å². The Labute approximate surface area is 190 Å².